The number of nitriles is 4. The van der Waals surface area contributed by atoms with Crippen LogP contribution in [0.3, 0.4) is 0 Å². The molecule has 5 heteroatoms. The molecule has 0 amide bonds. The summed E-state index contributed by atoms with van der Waals surface area (Å²) in [5.74, 6) is -0.729. The van der Waals surface area contributed by atoms with Crippen molar-refractivity contribution in [3.63, 3.8) is 0 Å². The molecule has 0 radical (unpaired) electrons. The number of hydrogen-bond donors (Lipinski definition) is 0. The Kier molecular flexibility index (Phi) is 5.60. The summed E-state index contributed by atoms with van der Waals surface area (Å²) in [5.41, 5.74) is -3.33. The maximum Gasteiger partial charge on any atom is 0.246 e. The normalized spacial score (nSPS) is 30.1. The number of fused-ring (bicyclic) bond motifs is 1. The average molecular weight is 310 g/mol. The summed E-state index contributed by atoms with van der Waals surface area (Å²) >= 11 is 0. The fraction of sp³-hybridized carbons (Fsp3) is 0.778. The van der Waals surface area contributed by atoms with Gasteiger partial charge in [-0.25, -0.2) is 0 Å². The zero-order chi connectivity index (χ0) is 16.8. The standard InChI is InChI=1S/C18H22N4O/c19-11-17(12-20)15-9-7-5-3-1-2-4-6-8-10-16(15)18(13-21,14-22)23-17/h15-16H,1-10H2. The van der Waals surface area contributed by atoms with Crippen molar-refractivity contribution in [2.75, 3.05) is 0 Å². The van der Waals surface area contributed by atoms with Crippen LogP contribution in [0.2, 0.25) is 0 Å². The Labute approximate surface area is 138 Å². The third kappa shape index (κ3) is 3.17. The molecule has 2 aliphatic rings. The van der Waals surface area contributed by atoms with Crippen LogP contribution in [0.5, 0.6) is 0 Å². The van der Waals surface area contributed by atoms with Crippen LogP contribution in [0.25, 0.3) is 0 Å². The van der Waals surface area contributed by atoms with Crippen molar-refractivity contribution in [1.82, 2.24) is 0 Å². The van der Waals surface area contributed by atoms with E-state index in [0.717, 1.165) is 38.5 Å². The first-order valence-corrected chi connectivity index (χ1v) is 8.53. The second-order valence-electron chi connectivity index (χ2n) is 6.64. The van der Waals surface area contributed by atoms with Crippen LogP contribution in [0.1, 0.15) is 64.2 Å². The molecule has 1 heterocycles. The molecule has 23 heavy (non-hydrogen) atoms. The van der Waals surface area contributed by atoms with Gasteiger partial charge < -0.3 is 4.74 Å². The Bertz CT molecular complexity index is 506. The monoisotopic (exact) mass is 310 g/mol. The lowest BCUT2D eigenvalue weighted by atomic mass is 9.71. The van der Waals surface area contributed by atoms with Gasteiger partial charge in [-0.15, -0.1) is 0 Å². The second kappa shape index (κ2) is 7.46. The molecule has 2 unspecified atom stereocenters. The highest BCUT2D eigenvalue weighted by Crippen LogP contribution is 2.50. The van der Waals surface area contributed by atoms with Crippen molar-refractivity contribution < 1.29 is 4.74 Å². The van der Waals surface area contributed by atoms with Gasteiger partial charge in [-0.2, -0.15) is 21.0 Å². The fourth-order valence-electron chi connectivity index (χ4n) is 4.04. The summed E-state index contributed by atoms with van der Waals surface area (Å²) in [7, 11) is 0. The molecular weight excluding hydrogens is 288 g/mol. The molecule has 1 saturated heterocycles. The van der Waals surface area contributed by atoms with Gasteiger partial charge in [0.15, 0.2) is 0 Å². The van der Waals surface area contributed by atoms with Crippen molar-refractivity contribution >= 4 is 0 Å². The van der Waals surface area contributed by atoms with E-state index in [0.29, 0.717) is 12.8 Å². The van der Waals surface area contributed by atoms with Crippen molar-refractivity contribution in [1.29, 1.82) is 21.0 Å². The maximum absolute atomic E-state index is 9.55. The SMILES string of the molecule is N#CC1(C#N)OC(C#N)(C#N)C2CCCCCCCCCCC21. The summed E-state index contributed by atoms with van der Waals surface area (Å²) in [5, 5.41) is 38.2. The highest BCUT2D eigenvalue weighted by Gasteiger charge is 2.64. The quantitative estimate of drug-likeness (QED) is 0.677. The van der Waals surface area contributed by atoms with E-state index in [4.69, 9.17) is 4.74 Å². The number of nitrogens with zero attached hydrogens (tertiary/aromatic N) is 4. The van der Waals surface area contributed by atoms with Gasteiger partial charge in [-0.3, -0.25) is 0 Å². The summed E-state index contributed by atoms with van der Waals surface area (Å²) in [6.45, 7) is 0. The van der Waals surface area contributed by atoms with E-state index in [1.54, 1.807) is 0 Å². The molecule has 1 aliphatic heterocycles. The number of hydrogen-bond acceptors (Lipinski definition) is 5. The highest BCUT2D eigenvalue weighted by molar-refractivity contribution is 5.35. The third-order valence-electron chi connectivity index (χ3n) is 5.30. The van der Waals surface area contributed by atoms with Crippen LogP contribution in [0.15, 0.2) is 0 Å². The smallest absolute Gasteiger partial charge is 0.246 e. The van der Waals surface area contributed by atoms with Gasteiger partial charge in [0.1, 0.15) is 24.3 Å². The van der Waals surface area contributed by atoms with Gasteiger partial charge in [-0.05, 0) is 12.8 Å². The van der Waals surface area contributed by atoms with Crippen LogP contribution in [0, 0.1) is 57.2 Å². The van der Waals surface area contributed by atoms with E-state index in [1.165, 1.54) is 12.8 Å². The summed E-state index contributed by atoms with van der Waals surface area (Å²) in [6.07, 6.45) is 10.0. The predicted octanol–water partition coefficient (Wildman–Crippen LogP) is 3.74. The van der Waals surface area contributed by atoms with Crippen molar-refractivity contribution in [3.05, 3.63) is 0 Å². The van der Waals surface area contributed by atoms with E-state index in [1.807, 2.05) is 24.3 Å². The van der Waals surface area contributed by atoms with Crippen LogP contribution in [0.4, 0.5) is 0 Å². The van der Waals surface area contributed by atoms with E-state index >= 15 is 0 Å². The molecule has 0 aromatic rings. The first kappa shape index (κ1) is 17.3. The van der Waals surface area contributed by atoms with Crippen molar-refractivity contribution in [2.45, 2.75) is 75.4 Å². The molecule has 2 rings (SSSR count). The van der Waals surface area contributed by atoms with Gasteiger partial charge >= 0.3 is 0 Å². The van der Waals surface area contributed by atoms with Crippen LogP contribution in [-0.4, -0.2) is 11.2 Å². The molecule has 2 fully saturated rings. The van der Waals surface area contributed by atoms with Gasteiger partial charge in [0, 0.05) is 11.8 Å². The van der Waals surface area contributed by atoms with Crippen LogP contribution < -0.4 is 0 Å². The second-order valence-corrected chi connectivity index (χ2v) is 6.64. The Morgan fingerprint density at radius 1 is 0.565 bits per heavy atom. The first-order chi connectivity index (χ1) is 11.2. The number of ether oxygens (including phenoxy) is 1. The molecule has 5 nitrogen and oxygen atoms in total. The van der Waals surface area contributed by atoms with E-state index in [-0.39, 0.29) is 11.8 Å². The minimum Gasteiger partial charge on any atom is -0.312 e. The summed E-state index contributed by atoms with van der Waals surface area (Å²) in [4.78, 5) is 0. The third-order valence-corrected chi connectivity index (χ3v) is 5.30. The Hall–Kier alpha value is -2.08. The molecule has 0 aromatic heterocycles. The maximum atomic E-state index is 9.55. The Balaban J connectivity index is 2.36. The lowest BCUT2D eigenvalue weighted by Crippen LogP contribution is -2.34. The molecule has 120 valence electrons. The van der Waals surface area contributed by atoms with Gasteiger partial charge in [0.25, 0.3) is 0 Å². The van der Waals surface area contributed by atoms with Gasteiger partial charge in [0.2, 0.25) is 11.2 Å². The lowest BCUT2D eigenvalue weighted by molar-refractivity contribution is 0.00289. The Morgan fingerprint density at radius 3 is 1.17 bits per heavy atom. The van der Waals surface area contributed by atoms with E-state index < -0.39 is 11.2 Å². The first-order valence-electron chi connectivity index (χ1n) is 8.53. The topological polar surface area (TPSA) is 104 Å². The van der Waals surface area contributed by atoms with Crippen LogP contribution in [-0.2, 0) is 4.74 Å². The van der Waals surface area contributed by atoms with Crippen molar-refractivity contribution in [3.8, 4) is 24.3 Å². The van der Waals surface area contributed by atoms with Gasteiger partial charge in [-0.1, -0.05) is 51.4 Å². The summed E-state index contributed by atoms with van der Waals surface area (Å²) in [6, 6.07) is 7.91. The number of rotatable bonds is 0. The predicted molar refractivity (Wildman–Crippen MR) is 82.1 cm³/mol. The Morgan fingerprint density at radius 2 is 0.870 bits per heavy atom. The molecule has 0 aromatic carbocycles. The fourth-order valence-corrected chi connectivity index (χ4v) is 4.04. The van der Waals surface area contributed by atoms with Crippen LogP contribution >= 0.6 is 0 Å². The van der Waals surface area contributed by atoms with E-state index in [2.05, 4.69) is 0 Å². The molecule has 1 aliphatic carbocycles. The molecule has 0 N–H and O–H groups in total. The largest absolute Gasteiger partial charge is 0.312 e. The molecule has 1 saturated carbocycles. The molecular formula is C18H22N4O. The molecule has 0 spiro atoms. The highest BCUT2D eigenvalue weighted by atomic mass is 16.5. The van der Waals surface area contributed by atoms with E-state index in [9.17, 15) is 21.0 Å². The minimum atomic E-state index is -1.67. The zero-order valence-electron chi connectivity index (χ0n) is 13.4. The average Bonchev–Trinajstić information content (AvgIpc) is 2.85. The van der Waals surface area contributed by atoms with Gasteiger partial charge in [0.05, 0.1) is 0 Å². The zero-order valence-corrected chi connectivity index (χ0v) is 13.4. The summed E-state index contributed by atoms with van der Waals surface area (Å²) < 4.78 is 5.59. The lowest BCUT2D eigenvalue weighted by Gasteiger charge is -2.25. The minimum absolute atomic E-state index is 0.365. The molecule has 0 bridgehead atoms. The van der Waals surface area contributed by atoms with Crippen molar-refractivity contribution in [2.24, 2.45) is 11.8 Å². The molecule has 2 atom stereocenters.